The van der Waals surface area contributed by atoms with E-state index in [1.165, 1.54) is 24.1 Å². The highest BCUT2D eigenvalue weighted by atomic mass is 16.5. The Hall–Kier alpha value is -2.69. The van der Waals surface area contributed by atoms with E-state index in [1.807, 2.05) is 0 Å². The number of aromatic hydroxyl groups is 1. The molecule has 20 heavy (non-hydrogen) atoms. The first kappa shape index (κ1) is 13.7. The predicted molar refractivity (Wildman–Crippen MR) is 78.2 cm³/mol. The number of methoxy groups -OCH3 is 1. The van der Waals surface area contributed by atoms with Crippen LogP contribution < -0.4 is 15.4 Å². The van der Waals surface area contributed by atoms with Crippen LogP contribution in [0, 0.1) is 0 Å². The molecule has 0 spiro atoms. The van der Waals surface area contributed by atoms with Gasteiger partial charge in [-0.3, -0.25) is 4.79 Å². The summed E-state index contributed by atoms with van der Waals surface area (Å²) < 4.78 is 4.99. The first-order chi connectivity index (χ1) is 9.52. The molecule has 104 valence electrons. The lowest BCUT2D eigenvalue weighted by atomic mass is 10.1. The van der Waals surface area contributed by atoms with Crippen molar-refractivity contribution in [3.8, 4) is 11.5 Å². The van der Waals surface area contributed by atoms with Crippen LogP contribution in [-0.2, 0) is 0 Å². The summed E-state index contributed by atoms with van der Waals surface area (Å²) >= 11 is 0. The average Bonchev–Trinajstić information content (AvgIpc) is 2.46. The van der Waals surface area contributed by atoms with Crippen molar-refractivity contribution in [1.29, 1.82) is 0 Å². The molecule has 2 aromatic rings. The number of carbonyl (C=O) groups is 1. The van der Waals surface area contributed by atoms with Crippen LogP contribution >= 0.6 is 0 Å². The predicted octanol–water partition coefficient (Wildman–Crippen LogP) is 2.26. The Balaban J connectivity index is 2.28. The van der Waals surface area contributed by atoms with Crippen LogP contribution in [0.4, 0.5) is 11.4 Å². The summed E-state index contributed by atoms with van der Waals surface area (Å²) in [5.74, 6) is 0.0701. The number of anilines is 2. The van der Waals surface area contributed by atoms with E-state index in [2.05, 4.69) is 0 Å². The van der Waals surface area contributed by atoms with Crippen molar-refractivity contribution in [1.82, 2.24) is 0 Å². The second kappa shape index (κ2) is 5.52. The van der Waals surface area contributed by atoms with E-state index in [1.54, 1.807) is 37.4 Å². The van der Waals surface area contributed by atoms with Crippen molar-refractivity contribution in [3.63, 3.8) is 0 Å². The lowest BCUT2D eigenvalue weighted by Gasteiger charge is -2.18. The first-order valence-corrected chi connectivity index (χ1v) is 6.03. The number of amides is 1. The highest BCUT2D eigenvalue weighted by Crippen LogP contribution is 2.26. The SMILES string of the molecule is COc1ccc(C(=O)N(C)c2ccc(N)cc2)c(O)c1. The molecule has 0 radical (unpaired) electrons. The Morgan fingerprint density at radius 2 is 1.85 bits per heavy atom. The third-order valence-electron chi connectivity index (χ3n) is 3.02. The van der Waals surface area contributed by atoms with Gasteiger partial charge in [0.05, 0.1) is 12.7 Å². The fourth-order valence-electron chi connectivity index (χ4n) is 1.82. The highest BCUT2D eigenvalue weighted by Gasteiger charge is 2.17. The van der Waals surface area contributed by atoms with E-state index in [0.29, 0.717) is 17.1 Å². The molecule has 2 rings (SSSR count). The Morgan fingerprint density at radius 1 is 1.20 bits per heavy atom. The smallest absolute Gasteiger partial charge is 0.261 e. The van der Waals surface area contributed by atoms with Gasteiger partial charge in [0.1, 0.15) is 11.5 Å². The van der Waals surface area contributed by atoms with Gasteiger partial charge in [-0.05, 0) is 36.4 Å². The van der Waals surface area contributed by atoms with Gasteiger partial charge in [-0.1, -0.05) is 0 Å². The number of nitrogens with two attached hydrogens (primary N) is 1. The molecule has 2 aromatic carbocycles. The summed E-state index contributed by atoms with van der Waals surface area (Å²) in [5, 5.41) is 9.89. The normalized spacial score (nSPS) is 10.1. The summed E-state index contributed by atoms with van der Waals surface area (Å²) in [6, 6.07) is 11.5. The second-order valence-corrected chi connectivity index (χ2v) is 4.34. The molecule has 1 amide bonds. The standard InChI is InChI=1S/C15H16N2O3/c1-17(11-5-3-10(16)4-6-11)15(19)13-8-7-12(20-2)9-14(13)18/h3-9,18H,16H2,1-2H3. The van der Waals surface area contributed by atoms with E-state index in [4.69, 9.17) is 10.5 Å². The van der Waals surface area contributed by atoms with Crippen molar-refractivity contribution < 1.29 is 14.6 Å². The number of phenolic OH excluding ortho intramolecular Hbond substituents is 1. The van der Waals surface area contributed by atoms with Crippen LogP contribution in [0.25, 0.3) is 0 Å². The molecule has 0 saturated heterocycles. The largest absolute Gasteiger partial charge is 0.507 e. The molecule has 0 fully saturated rings. The summed E-state index contributed by atoms with van der Waals surface area (Å²) in [7, 11) is 3.13. The molecule has 0 bridgehead atoms. The van der Waals surface area contributed by atoms with E-state index < -0.39 is 0 Å². The van der Waals surface area contributed by atoms with Gasteiger partial charge >= 0.3 is 0 Å². The molecular weight excluding hydrogens is 256 g/mol. The van der Waals surface area contributed by atoms with Crippen LogP contribution in [0.2, 0.25) is 0 Å². The van der Waals surface area contributed by atoms with Gasteiger partial charge in [0.15, 0.2) is 0 Å². The number of ether oxygens (including phenoxy) is 1. The van der Waals surface area contributed by atoms with Gasteiger partial charge in [-0.25, -0.2) is 0 Å². The van der Waals surface area contributed by atoms with Gasteiger partial charge in [0, 0.05) is 24.5 Å². The number of carbonyl (C=O) groups excluding carboxylic acids is 1. The second-order valence-electron chi connectivity index (χ2n) is 4.34. The van der Waals surface area contributed by atoms with Crippen molar-refractivity contribution in [2.24, 2.45) is 0 Å². The zero-order chi connectivity index (χ0) is 14.7. The Labute approximate surface area is 117 Å². The third kappa shape index (κ3) is 2.66. The van der Waals surface area contributed by atoms with Crippen LogP contribution in [0.15, 0.2) is 42.5 Å². The molecule has 5 heteroatoms. The minimum atomic E-state index is -0.310. The monoisotopic (exact) mass is 272 g/mol. The van der Waals surface area contributed by atoms with Crippen molar-refractivity contribution in [2.45, 2.75) is 0 Å². The number of hydrogen-bond donors (Lipinski definition) is 2. The summed E-state index contributed by atoms with van der Waals surface area (Å²) in [5.41, 5.74) is 7.15. The molecule has 0 unspecified atom stereocenters. The number of rotatable bonds is 3. The number of nitrogens with zero attached hydrogens (tertiary/aromatic N) is 1. The minimum absolute atomic E-state index is 0.114. The number of benzene rings is 2. The fraction of sp³-hybridized carbons (Fsp3) is 0.133. The Bertz CT molecular complexity index is 624. The topological polar surface area (TPSA) is 75.8 Å². The molecule has 0 aliphatic rings. The highest BCUT2D eigenvalue weighted by molar-refractivity contribution is 6.07. The first-order valence-electron chi connectivity index (χ1n) is 6.03. The van der Waals surface area contributed by atoms with Crippen LogP contribution in [-0.4, -0.2) is 25.2 Å². The summed E-state index contributed by atoms with van der Waals surface area (Å²) in [6.45, 7) is 0. The molecule has 0 atom stereocenters. The fourth-order valence-corrected chi connectivity index (χ4v) is 1.82. The van der Waals surface area contributed by atoms with E-state index in [-0.39, 0.29) is 17.2 Å². The van der Waals surface area contributed by atoms with E-state index in [9.17, 15) is 9.90 Å². The maximum absolute atomic E-state index is 12.3. The lowest BCUT2D eigenvalue weighted by Crippen LogP contribution is -2.26. The van der Waals surface area contributed by atoms with Gasteiger partial charge in [0.25, 0.3) is 5.91 Å². The molecule has 0 heterocycles. The number of hydrogen-bond acceptors (Lipinski definition) is 4. The Kier molecular flexibility index (Phi) is 3.79. The quantitative estimate of drug-likeness (QED) is 0.840. The summed E-state index contributed by atoms with van der Waals surface area (Å²) in [6.07, 6.45) is 0. The lowest BCUT2D eigenvalue weighted by molar-refractivity contribution is 0.0990. The Morgan fingerprint density at radius 3 is 2.40 bits per heavy atom. The molecule has 0 aliphatic carbocycles. The van der Waals surface area contributed by atoms with Crippen LogP contribution in [0.3, 0.4) is 0 Å². The van der Waals surface area contributed by atoms with Crippen LogP contribution in [0.1, 0.15) is 10.4 Å². The third-order valence-corrected chi connectivity index (χ3v) is 3.02. The van der Waals surface area contributed by atoms with Gasteiger partial charge in [-0.2, -0.15) is 0 Å². The molecule has 0 aromatic heterocycles. The zero-order valence-electron chi connectivity index (χ0n) is 11.3. The van der Waals surface area contributed by atoms with Crippen molar-refractivity contribution in [3.05, 3.63) is 48.0 Å². The number of phenols is 1. The zero-order valence-corrected chi connectivity index (χ0v) is 11.3. The average molecular weight is 272 g/mol. The molecule has 0 saturated carbocycles. The van der Waals surface area contributed by atoms with Crippen LogP contribution in [0.5, 0.6) is 11.5 Å². The molecule has 0 aliphatic heterocycles. The van der Waals surface area contributed by atoms with Gasteiger partial charge in [0.2, 0.25) is 0 Å². The van der Waals surface area contributed by atoms with Crippen molar-refractivity contribution in [2.75, 3.05) is 24.8 Å². The maximum Gasteiger partial charge on any atom is 0.261 e. The van der Waals surface area contributed by atoms with Crippen molar-refractivity contribution >= 4 is 17.3 Å². The molecular formula is C15H16N2O3. The maximum atomic E-state index is 12.3. The number of nitrogen functional groups attached to an aromatic ring is 1. The molecule has 3 N–H and O–H groups in total. The van der Waals surface area contributed by atoms with Gasteiger partial charge in [-0.15, -0.1) is 0 Å². The van der Waals surface area contributed by atoms with E-state index >= 15 is 0 Å². The van der Waals surface area contributed by atoms with E-state index in [0.717, 1.165) is 0 Å². The summed E-state index contributed by atoms with van der Waals surface area (Å²) in [4.78, 5) is 13.8. The molecule has 5 nitrogen and oxygen atoms in total. The van der Waals surface area contributed by atoms with Gasteiger partial charge < -0.3 is 20.5 Å². The minimum Gasteiger partial charge on any atom is -0.507 e.